The van der Waals surface area contributed by atoms with Gasteiger partial charge in [-0.05, 0) is 211 Å². The summed E-state index contributed by atoms with van der Waals surface area (Å²) in [5, 5.41) is 0. The first-order valence-electron chi connectivity index (χ1n) is 30.5. The molecule has 0 radical (unpaired) electrons. The summed E-state index contributed by atoms with van der Waals surface area (Å²) in [5.41, 5.74) is 28.7. The molecule has 2 aliphatic carbocycles. The van der Waals surface area contributed by atoms with Gasteiger partial charge in [0.05, 0.1) is 11.2 Å². The first kappa shape index (κ1) is 53.5. The molecule has 7 aromatic carbocycles. The van der Waals surface area contributed by atoms with E-state index in [0.29, 0.717) is 0 Å². The Balaban J connectivity index is 1.14. The monoisotopic (exact) mass is 1060 g/mol. The third-order valence-corrected chi connectivity index (χ3v) is 20.8. The topological polar surface area (TPSA) is 22.6 Å². The predicted octanol–water partition coefficient (Wildman–Crippen LogP) is 18.8. The minimum Gasteiger partial charge on any atom is -0.334 e. The molecular formula is C76H85BN4. The fourth-order valence-corrected chi connectivity index (χ4v) is 15.4. The highest BCUT2D eigenvalue weighted by molar-refractivity contribution is 7.00. The number of anilines is 8. The Hall–Kier alpha value is -6.85. The molecule has 0 spiro atoms. The Bertz CT molecular complexity index is 3850. The molecule has 5 aliphatic rings. The summed E-state index contributed by atoms with van der Waals surface area (Å²) in [4.78, 5) is 12.6. The number of benzene rings is 7. The lowest BCUT2D eigenvalue weighted by atomic mass is 9.33. The first-order chi connectivity index (χ1) is 38.2. The summed E-state index contributed by atoms with van der Waals surface area (Å²) in [6.45, 7) is 38.8. The van der Waals surface area contributed by atoms with Crippen molar-refractivity contribution in [2.75, 3.05) is 14.7 Å². The zero-order chi connectivity index (χ0) is 57.1. The van der Waals surface area contributed by atoms with Crippen molar-refractivity contribution in [1.82, 2.24) is 4.98 Å². The van der Waals surface area contributed by atoms with Crippen molar-refractivity contribution >= 4 is 68.6 Å². The van der Waals surface area contributed by atoms with Crippen LogP contribution >= 0.6 is 0 Å². The SMILES string of the molecule is Cc1cc(C(C)(C)C)ccc1N1c2cc(N3c4ccc(-c5ccncc5)cc4C4(C)CCCCC34C)ccc2B2c3cc4c(cc3N(c3ccc(C(C)(C)C)cc3-c3ccccc3)c3cc(C(C)(C)C)cc1c32)C(C)(C)CCC4(C)C. The Morgan fingerprint density at radius 1 is 0.432 bits per heavy atom. The second-order valence-electron chi connectivity index (χ2n) is 30.0. The lowest BCUT2D eigenvalue weighted by Gasteiger charge is -2.51. The first-order valence-corrected chi connectivity index (χ1v) is 30.5. The minimum atomic E-state index is -0.166. The minimum absolute atomic E-state index is 0.000130. The maximum Gasteiger partial charge on any atom is 0.252 e. The van der Waals surface area contributed by atoms with Crippen LogP contribution < -0.4 is 31.1 Å². The van der Waals surface area contributed by atoms with Gasteiger partial charge in [0.1, 0.15) is 0 Å². The predicted molar refractivity (Wildman–Crippen MR) is 348 cm³/mol. The highest BCUT2D eigenvalue weighted by atomic mass is 15.3. The van der Waals surface area contributed by atoms with Gasteiger partial charge in [-0.2, -0.15) is 0 Å². The van der Waals surface area contributed by atoms with Gasteiger partial charge in [-0.3, -0.25) is 4.98 Å². The molecule has 81 heavy (non-hydrogen) atoms. The number of pyridine rings is 1. The molecule has 3 aliphatic heterocycles. The van der Waals surface area contributed by atoms with Crippen molar-refractivity contribution in [3.8, 4) is 22.3 Å². The summed E-state index contributed by atoms with van der Waals surface area (Å²) in [6.07, 6.45) is 10.9. The van der Waals surface area contributed by atoms with Gasteiger partial charge < -0.3 is 14.7 Å². The molecule has 0 bridgehead atoms. The van der Waals surface area contributed by atoms with Gasteiger partial charge in [-0.1, -0.05) is 177 Å². The third-order valence-electron chi connectivity index (χ3n) is 20.8. The van der Waals surface area contributed by atoms with Crippen molar-refractivity contribution in [2.45, 2.75) is 187 Å². The molecule has 412 valence electrons. The maximum atomic E-state index is 4.39. The summed E-state index contributed by atoms with van der Waals surface area (Å²) in [6, 6.07) is 55.8. The molecule has 5 heteroatoms. The summed E-state index contributed by atoms with van der Waals surface area (Å²) in [7, 11) is 0. The summed E-state index contributed by atoms with van der Waals surface area (Å²) < 4.78 is 0. The molecule has 2 atom stereocenters. The largest absolute Gasteiger partial charge is 0.334 e. The molecule has 0 amide bonds. The van der Waals surface area contributed by atoms with Crippen LogP contribution in [0.3, 0.4) is 0 Å². The average molecular weight is 1070 g/mol. The van der Waals surface area contributed by atoms with Gasteiger partial charge in [0, 0.05) is 63.2 Å². The molecule has 2 unspecified atom stereocenters. The molecule has 1 aromatic heterocycles. The lowest BCUT2D eigenvalue weighted by Crippen LogP contribution is -2.62. The van der Waals surface area contributed by atoms with Crippen molar-refractivity contribution in [3.63, 3.8) is 0 Å². The summed E-state index contributed by atoms with van der Waals surface area (Å²) in [5.74, 6) is 0. The molecular weight excluding hydrogens is 980 g/mol. The number of nitrogens with zero attached hydrogens (tertiary/aromatic N) is 4. The van der Waals surface area contributed by atoms with Crippen molar-refractivity contribution < 1.29 is 0 Å². The van der Waals surface area contributed by atoms with E-state index in [1.807, 2.05) is 12.4 Å². The molecule has 4 heterocycles. The molecule has 13 rings (SSSR count). The quantitative estimate of drug-likeness (QED) is 0.160. The van der Waals surface area contributed by atoms with E-state index in [2.05, 4.69) is 270 Å². The van der Waals surface area contributed by atoms with E-state index in [1.54, 1.807) is 0 Å². The van der Waals surface area contributed by atoms with Crippen LogP contribution in [0.1, 0.15) is 181 Å². The van der Waals surface area contributed by atoms with Gasteiger partial charge in [0.25, 0.3) is 6.71 Å². The van der Waals surface area contributed by atoms with Crippen LogP contribution in [0.2, 0.25) is 0 Å². The van der Waals surface area contributed by atoms with E-state index in [9.17, 15) is 0 Å². The van der Waals surface area contributed by atoms with Gasteiger partial charge in [-0.15, -0.1) is 0 Å². The van der Waals surface area contributed by atoms with Crippen LogP contribution in [-0.2, 0) is 32.5 Å². The van der Waals surface area contributed by atoms with Crippen LogP contribution in [0.15, 0.2) is 152 Å². The number of fused-ring (bicyclic) bond motifs is 8. The van der Waals surface area contributed by atoms with Crippen molar-refractivity contribution in [2.24, 2.45) is 0 Å². The Morgan fingerprint density at radius 3 is 1.65 bits per heavy atom. The van der Waals surface area contributed by atoms with E-state index in [-0.39, 0.29) is 44.7 Å². The number of aromatic nitrogens is 1. The van der Waals surface area contributed by atoms with Gasteiger partial charge >= 0.3 is 0 Å². The van der Waals surface area contributed by atoms with Crippen LogP contribution in [0, 0.1) is 6.92 Å². The summed E-state index contributed by atoms with van der Waals surface area (Å²) >= 11 is 0. The molecule has 1 fully saturated rings. The Labute approximate surface area is 486 Å². The zero-order valence-corrected chi connectivity index (χ0v) is 51.5. The standard InChI is InChI=1S/C76H85BN4/c1-48-40-52(70(2,3)4)25-30-62(48)79-65-45-55(81-64-29-24-51(49-32-38-78-39-33-49)41-59(64)75(15)34-20-21-35-76(75,81)16)27-28-60(65)77-61-46-57-58(74(13,14)37-36-73(57,11)12)47-66(61)80(68-44-54(72(8,9)10)43-67(79)69(68)77)63-31-26-53(71(5,6)7)42-56(63)50-22-18-17-19-23-50/h17-19,22-33,38-47H,20-21,34-37H2,1-16H3. The zero-order valence-electron chi connectivity index (χ0n) is 51.5. The van der Waals surface area contributed by atoms with Gasteiger partial charge in [0.2, 0.25) is 0 Å². The Morgan fingerprint density at radius 2 is 1.01 bits per heavy atom. The number of rotatable bonds is 5. The molecule has 4 nitrogen and oxygen atoms in total. The smallest absolute Gasteiger partial charge is 0.252 e. The van der Waals surface area contributed by atoms with Crippen molar-refractivity contribution in [1.29, 1.82) is 0 Å². The average Bonchev–Trinajstić information content (AvgIpc) is 2.36. The Kier molecular flexibility index (Phi) is 11.9. The molecule has 1 saturated carbocycles. The van der Waals surface area contributed by atoms with E-state index in [4.69, 9.17) is 0 Å². The molecule has 0 saturated heterocycles. The van der Waals surface area contributed by atoms with Crippen molar-refractivity contribution in [3.05, 3.63) is 191 Å². The second-order valence-corrected chi connectivity index (χ2v) is 30.0. The third kappa shape index (κ3) is 8.23. The highest BCUT2D eigenvalue weighted by Crippen LogP contribution is 2.62. The van der Waals surface area contributed by atoms with Crippen LogP contribution in [-0.4, -0.2) is 17.2 Å². The fourth-order valence-electron chi connectivity index (χ4n) is 15.4. The van der Waals surface area contributed by atoms with E-state index in [1.165, 1.54) is 136 Å². The van der Waals surface area contributed by atoms with Gasteiger partial charge in [0.15, 0.2) is 0 Å². The van der Waals surface area contributed by atoms with E-state index < -0.39 is 0 Å². The van der Waals surface area contributed by atoms with Gasteiger partial charge in [-0.25, -0.2) is 0 Å². The highest BCUT2D eigenvalue weighted by Gasteiger charge is 2.58. The fraction of sp³-hybridized carbons (Fsp3) is 0.382. The number of aryl methyl sites for hydroxylation is 1. The lowest BCUT2D eigenvalue weighted by molar-refractivity contribution is 0.195. The molecule has 0 N–H and O–H groups in total. The van der Waals surface area contributed by atoms with Crippen LogP contribution in [0.4, 0.5) is 45.5 Å². The van der Waals surface area contributed by atoms with Crippen LogP contribution in [0.25, 0.3) is 22.3 Å². The number of hydrogen-bond donors (Lipinski definition) is 0. The molecule has 8 aromatic rings. The number of hydrogen-bond acceptors (Lipinski definition) is 4. The second kappa shape index (κ2) is 18.1. The van der Waals surface area contributed by atoms with E-state index in [0.717, 1.165) is 25.7 Å². The normalized spacial score (nSPS) is 20.5. The van der Waals surface area contributed by atoms with E-state index >= 15 is 0 Å². The maximum absolute atomic E-state index is 4.39. The van der Waals surface area contributed by atoms with Crippen LogP contribution in [0.5, 0.6) is 0 Å².